The molecule has 1 aromatic heterocycles. The molecule has 0 bridgehead atoms. The van der Waals surface area contributed by atoms with E-state index in [9.17, 15) is 9.59 Å². The van der Waals surface area contributed by atoms with Crippen molar-refractivity contribution in [1.82, 2.24) is 20.0 Å². The first-order valence-corrected chi connectivity index (χ1v) is 12.8. The maximum atomic E-state index is 13.3. The van der Waals surface area contributed by atoms with Crippen molar-refractivity contribution < 1.29 is 14.3 Å². The van der Waals surface area contributed by atoms with Gasteiger partial charge in [-0.1, -0.05) is 44.2 Å². The van der Waals surface area contributed by atoms with Gasteiger partial charge < -0.3 is 19.4 Å². The third-order valence-electron chi connectivity index (χ3n) is 6.41. The van der Waals surface area contributed by atoms with Crippen molar-refractivity contribution in [2.75, 3.05) is 51.3 Å². The molecule has 0 spiro atoms. The molecule has 0 saturated carbocycles. The van der Waals surface area contributed by atoms with Crippen molar-refractivity contribution in [2.24, 2.45) is 5.92 Å². The van der Waals surface area contributed by atoms with Gasteiger partial charge in [0.25, 0.3) is 5.91 Å². The molecule has 0 N–H and O–H groups in total. The quantitative estimate of drug-likeness (QED) is 0.465. The highest BCUT2D eigenvalue weighted by Gasteiger charge is 2.25. The lowest BCUT2D eigenvalue weighted by molar-refractivity contribution is -0.131. The van der Waals surface area contributed by atoms with Gasteiger partial charge in [0.15, 0.2) is 5.82 Å². The third kappa shape index (κ3) is 6.84. The Labute approximate surface area is 218 Å². The summed E-state index contributed by atoms with van der Waals surface area (Å²) in [7, 11) is 1.64. The highest BCUT2D eigenvalue weighted by Crippen LogP contribution is 2.23. The minimum Gasteiger partial charge on any atom is -0.497 e. The largest absolute Gasteiger partial charge is 0.497 e. The molecule has 0 unspecified atom stereocenters. The van der Waals surface area contributed by atoms with Gasteiger partial charge in [0.05, 0.1) is 12.8 Å². The lowest BCUT2D eigenvalue weighted by Gasteiger charge is -2.28. The highest BCUT2D eigenvalue weighted by atomic mass is 16.5. The maximum absolute atomic E-state index is 13.3. The predicted molar refractivity (Wildman–Crippen MR) is 145 cm³/mol. The molecule has 1 aliphatic heterocycles. The standard InChI is InChI=1S/C29H35N5O3/c1-22(2)20-34(29(36)23-9-5-4-6-10-23)21-28(35)33-16-8-15-32(17-18-33)27-14-13-26(30-31-27)24-11-7-12-25(19-24)37-3/h4-7,9-14,19,22H,8,15-18,20-21H2,1-3H3. The van der Waals surface area contributed by atoms with E-state index in [-0.39, 0.29) is 24.3 Å². The van der Waals surface area contributed by atoms with Crippen LogP contribution in [0.3, 0.4) is 0 Å². The van der Waals surface area contributed by atoms with Gasteiger partial charge in [-0.15, -0.1) is 10.2 Å². The second-order valence-corrected chi connectivity index (χ2v) is 9.68. The lowest BCUT2D eigenvalue weighted by atomic mass is 10.1. The van der Waals surface area contributed by atoms with E-state index < -0.39 is 0 Å². The Bertz CT molecular complexity index is 1180. The van der Waals surface area contributed by atoms with E-state index in [4.69, 9.17) is 4.74 Å². The zero-order chi connectivity index (χ0) is 26.2. The Morgan fingerprint density at radius 3 is 2.46 bits per heavy atom. The van der Waals surface area contributed by atoms with Gasteiger partial charge in [0.1, 0.15) is 12.3 Å². The first-order chi connectivity index (χ1) is 17.9. The number of anilines is 1. The van der Waals surface area contributed by atoms with Crippen LogP contribution in [0, 0.1) is 5.92 Å². The third-order valence-corrected chi connectivity index (χ3v) is 6.41. The zero-order valence-corrected chi connectivity index (χ0v) is 21.8. The molecular weight excluding hydrogens is 466 g/mol. The molecule has 2 aromatic carbocycles. The molecule has 2 amide bonds. The van der Waals surface area contributed by atoms with Crippen LogP contribution in [-0.4, -0.2) is 78.2 Å². The second kappa shape index (κ2) is 12.3. The highest BCUT2D eigenvalue weighted by molar-refractivity contribution is 5.96. The number of benzene rings is 2. The molecule has 1 aliphatic rings. The van der Waals surface area contributed by atoms with Crippen LogP contribution in [0.2, 0.25) is 0 Å². The van der Waals surface area contributed by atoms with Crippen LogP contribution < -0.4 is 9.64 Å². The topological polar surface area (TPSA) is 78.9 Å². The van der Waals surface area contributed by atoms with Crippen LogP contribution in [-0.2, 0) is 4.79 Å². The Balaban J connectivity index is 1.38. The Morgan fingerprint density at radius 2 is 1.76 bits per heavy atom. The Kier molecular flexibility index (Phi) is 8.72. The van der Waals surface area contributed by atoms with Gasteiger partial charge in [-0.25, -0.2) is 0 Å². The monoisotopic (exact) mass is 501 g/mol. The first-order valence-electron chi connectivity index (χ1n) is 12.8. The number of ether oxygens (including phenoxy) is 1. The fourth-order valence-corrected chi connectivity index (χ4v) is 4.51. The van der Waals surface area contributed by atoms with Crippen LogP contribution in [0.15, 0.2) is 66.7 Å². The van der Waals surface area contributed by atoms with Crippen molar-refractivity contribution in [3.05, 3.63) is 72.3 Å². The molecular formula is C29H35N5O3. The minimum absolute atomic E-state index is 0.0220. The zero-order valence-electron chi connectivity index (χ0n) is 21.8. The van der Waals surface area contributed by atoms with E-state index in [2.05, 4.69) is 28.9 Å². The van der Waals surface area contributed by atoms with Gasteiger partial charge in [-0.2, -0.15) is 0 Å². The molecule has 37 heavy (non-hydrogen) atoms. The molecule has 8 nitrogen and oxygen atoms in total. The van der Waals surface area contributed by atoms with Crippen LogP contribution in [0.1, 0.15) is 30.6 Å². The van der Waals surface area contributed by atoms with E-state index in [1.807, 2.05) is 59.5 Å². The second-order valence-electron chi connectivity index (χ2n) is 9.68. The number of hydrogen-bond acceptors (Lipinski definition) is 6. The molecule has 1 saturated heterocycles. The molecule has 8 heteroatoms. The maximum Gasteiger partial charge on any atom is 0.254 e. The minimum atomic E-state index is -0.106. The smallest absolute Gasteiger partial charge is 0.254 e. The number of methoxy groups -OCH3 is 1. The van der Waals surface area contributed by atoms with Crippen molar-refractivity contribution in [2.45, 2.75) is 20.3 Å². The fourth-order valence-electron chi connectivity index (χ4n) is 4.51. The number of carbonyl (C=O) groups excluding carboxylic acids is 2. The summed E-state index contributed by atoms with van der Waals surface area (Å²) in [6.45, 7) is 7.41. The average Bonchev–Trinajstić information content (AvgIpc) is 3.19. The lowest BCUT2D eigenvalue weighted by Crippen LogP contribution is -2.45. The van der Waals surface area contributed by atoms with Crippen LogP contribution in [0.25, 0.3) is 11.3 Å². The van der Waals surface area contributed by atoms with Crippen molar-refractivity contribution in [3.63, 3.8) is 0 Å². The molecule has 0 atom stereocenters. The number of nitrogens with zero attached hydrogens (tertiary/aromatic N) is 5. The van der Waals surface area contributed by atoms with E-state index in [1.165, 1.54) is 0 Å². The summed E-state index contributed by atoms with van der Waals surface area (Å²) < 4.78 is 5.31. The number of rotatable bonds is 8. The van der Waals surface area contributed by atoms with Gasteiger partial charge in [-0.05, 0) is 48.7 Å². The normalized spacial score (nSPS) is 13.8. The summed E-state index contributed by atoms with van der Waals surface area (Å²) in [4.78, 5) is 32.0. The summed E-state index contributed by atoms with van der Waals surface area (Å²) in [5.41, 5.74) is 2.33. The van der Waals surface area contributed by atoms with Gasteiger partial charge in [0, 0.05) is 43.9 Å². The van der Waals surface area contributed by atoms with E-state index in [1.54, 1.807) is 24.1 Å². The van der Waals surface area contributed by atoms with Gasteiger partial charge in [0.2, 0.25) is 5.91 Å². The van der Waals surface area contributed by atoms with Crippen molar-refractivity contribution in [1.29, 1.82) is 0 Å². The summed E-state index contributed by atoms with van der Waals surface area (Å²) in [5, 5.41) is 8.89. The summed E-state index contributed by atoms with van der Waals surface area (Å²) in [6.07, 6.45) is 0.821. The van der Waals surface area contributed by atoms with Crippen LogP contribution in [0.4, 0.5) is 5.82 Å². The Hall–Kier alpha value is -3.94. The van der Waals surface area contributed by atoms with Crippen molar-refractivity contribution in [3.8, 4) is 17.0 Å². The molecule has 4 rings (SSSR count). The van der Waals surface area contributed by atoms with Crippen LogP contribution >= 0.6 is 0 Å². The van der Waals surface area contributed by atoms with E-state index in [0.717, 1.165) is 35.8 Å². The predicted octanol–water partition coefficient (Wildman–Crippen LogP) is 3.99. The fraction of sp³-hybridized carbons (Fsp3) is 0.379. The molecule has 2 heterocycles. The van der Waals surface area contributed by atoms with Crippen LogP contribution in [0.5, 0.6) is 5.75 Å². The number of aromatic nitrogens is 2. The molecule has 0 radical (unpaired) electrons. The molecule has 1 fully saturated rings. The Morgan fingerprint density at radius 1 is 0.946 bits per heavy atom. The summed E-state index contributed by atoms with van der Waals surface area (Å²) in [6, 6.07) is 20.8. The molecule has 0 aliphatic carbocycles. The summed E-state index contributed by atoms with van der Waals surface area (Å²) >= 11 is 0. The number of amides is 2. The number of hydrogen-bond donors (Lipinski definition) is 0. The summed E-state index contributed by atoms with van der Waals surface area (Å²) in [5.74, 6) is 1.70. The molecule has 194 valence electrons. The average molecular weight is 502 g/mol. The SMILES string of the molecule is COc1cccc(-c2ccc(N3CCCN(C(=O)CN(CC(C)C)C(=O)c4ccccc4)CC3)nn2)c1. The van der Waals surface area contributed by atoms with Crippen molar-refractivity contribution >= 4 is 17.6 Å². The van der Waals surface area contributed by atoms with E-state index >= 15 is 0 Å². The number of carbonyl (C=O) groups is 2. The molecule has 3 aromatic rings. The van der Waals surface area contributed by atoms with Gasteiger partial charge in [-0.3, -0.25) is 9.59 Å². The first kappa shape index (κ1) is 26.1. The van der Waals surface area contributed by atoms with E-state index in [0.29, 0.717) is 31.7 Å². The van der Waals surface area contributed by atoms with Gasteiger partial charge >= 0.3 is 0 Å².